The molecule has 1 aliphatic rings. The molecule has 0 aliphatic heterocycles. The van der Waals surface area contributed by atoms with E-state index in [0.717, 1.165) is 32.1 Å². The highest BCUT2D eigenvalue weighted by Gasteiger charge is 2.30. The SMILES string of the molecule is CCCCC(=C(CC(=O)O)C(=O)O)C1CCCCC1O. The molecule has 2 atom stereocenters. The van der Waals surface area contributed by atoms with Gasteiger partial charge >= 0.3 is 11.9 Å². The first kappa shape index (κ1) is 16.7. The fourth-order valence-corrected chi connectivity index (χ4v) is 2.92. The van der Waals surface area contributed by atoms with Crippen molar-refractivity contribution in [1.82, 2.24) is 0 Å². The van der Waals surface area contributed by atoms with Crippen LogP contribution in [0.1, 0.15) is 58.3 Å². The summed E-state index contributed by atoms with van der Waals surface area (Å²) in [6.07, 6.45) is 4.58. The largest absolute Gasteiger partial charge is 0.481 e. The Morgan fingerprint density at radius 1 is 1.15 bits per heavy atom. The quantitative estimate of drug-likeness (QED) is 0.625. The average molecular weight is 284 g/mol. The molecule has 0 saturated heterocycles. The molecule has 114 valence electrons. The molecule has 1 rings (SSSR count). The minimum absolute atomic E-state index is 0.0306. The number of carboxylic acids is 2. The van der Waals surface area contributed by atoms with Crippen molar-refractivity contribution < 1.29 is 24.9 Å². The van der Waals surface area contributed by atoms with Crippen molar-refractivity contribution in [2.75, 3.05) is 0 Å². The lowest BCUT2D eigenvalue weighted by molar-refractivity contribution is -0.139. The second kappa shape index (κ2) is 8.04. The van der Waals surface area contributed by atoms with Gasteiger partial charge in [0, 0.05) is 11.5 Å². The van der Waals surface area contributed by atoms with Crippen molar-refractivity contribution in [2.45, 2.75) is 64.4 Å². The molecule has 20 heavy (non-hydrogen) atoms. The molecule has 1 saturated carbocycles. The van der Waals surface area contributed by atoms with Crippen LogP contribution in [0.4, 0.5) is 0 Å². The zero-order valence-corrected chi connectivity index (χ0v) is 12.0. The molecular weight excluding hydrogens is 260 g/mol. The van der Waals surface area contributed by atoms with Crippen LogP contribution in [-0.4, -0.2) is 33.4 Å². The number of aliphatic hydroxyl groups excluding tert-OH is 1. The first-order valence-electron chi connectivity index (χ1n) is 7.32. The Balaban J connectivity index is 3.10. The van der Waals surface area contributed by atoms with Crippen LogP contribution in [0, 0.1) is 5.92 Å². The zero-order valence-electron chi connectivity index (χ0n) is 12.0. The molecule has 0 aromatic rings. The maximum atomic E-state index is 11.4. The minimum atomic E-state index is -1.17. The summed E-state index contributed by atoms with van der Waals surface area (Å²) in [4.78, 5) is 22.3. The third-order valence-corrected chi connectivity index (χ3v) is 3.95. The molecule has 3 N–H and O–H groups in total. The van der Waals surface area contributed by atoms with Gasteiger partial charge in [0.05, 0.1) is 12.5 Å². The first-order valence-corrected chi connectivity index (χ1v) is 7.32. The van der Waals surface area contributed by atoms with Crippen LogP contribution in [0.5, 0.6) is 0 Å². The smallest absolute Gasteiger partial charge is 0.332 e. The molecule has 0 bridgehead atoms. The normalized spacial score (nSPS) is 24.1. The van der Waals surface area contributed by atoms with Gasteiger partial charge in [-0.25, -0.2) is 4.79 Å². The van der Waals surface area contributed by atoms with Crippen LogP contribution >= 0.6 is 0 Å². The van der Waals surface area contributed by atoms with Crippen molar-refractivity contribution in [3.8, 4) is 0 Å². The number of carbonyl (C=O) groups is 2. The van der Waals surface area contributed by atoms with Gasteiger partial charge in [-0.3, -0.25) is 4.79 Å². The lowest BCUT2D eigenvalue weighted by atomic mass is 9.77. The Kier molecular flexibility index (Phi) is 6.71. The van der Waals surface area contributed by atoms with Gasteiger partial charge in [0.2, 0.25) is 0 Å². The lowest BCUT2D eigenvalue weighted by Gasteiger charge is -2.31. The Bertz CT molecular complexity index is 386. The van der Waals surface area contributed by atoms with Crippen LogP contribution in [0.25, 0.3) is 0 Å². The van der Waals surface area contributed by atoms with E-state index >= 15 is 0 Å². The summed E-state index contributed by atoms with van der Waals surface area (Å²) in [5.41, 5.74) is 0.617. The van der Waals surface area contributed by atoms with E-state index < -0.39 is 24.5 Å². The number of aliphatic hydroxyl groups is 1. The van der Waals surface area contributed by atoms with Crippen LogP contribution in [0.3, 0.4) is 0 Å². The number of carboxylic acid groups (broad SMARTS) is 2. The first-order chi connectivity index (χ1) is 9.47. The number of hydrogen-bond donors (Lipinski definition) is 3. The van der Waals surface area contributed by atoms with Gasteiger partial charge in [-0.2, -0.15) is 0 Å². The molecule has 5 heteroatoms. The van der Waals surface area contributed by atoms with Crippen molar-refractivity contribution in [3.63, 3.8) is 0 Å². The summed E-state index contributed by atoms with van der Waals surface area (Å²) in [5.74, 6) is -2.50. The van der Waals surface area contributed by atoms with Crippen LogP contribution < -0.4 is 0 Å². The Hall–Kier alpha value is -1.36. The highest BCUT2D eigenvalue weighted by molar-refractivity contribution is 5.93. The fraction of sp³-hybridized carbons (Fsp3) is 0.733. The number of aliphatic carboxylic acids is 2. The highest BCUT2D eigenvalue weighted by atomic mass is 16.4. The van der Waals surface area contributed by atoms with Crippen molar-refractivity contribution in [2.24, 2.45) is 5.92 Å². The van der Waals surface area contributed by atoms with E-state index in [0.29, 0.717) is 18.4 Å². The van der Waals surface area contributed by atoms with Gasteiger partial charge in [-0.15, -0.1) is 0 Å². The predicted octanol–water partition coefficient (Wildman–Crippen LogP) is 2.58. The van der Waals surface area contributed by atoms with Crippen LogP contribution in [0.15, 0.2) is 11.1 Å². The van der Waals surface area contributed by atoms with Crippen LogP contribution in [-0.2, 0) is 9.59 Å². The van der Waals surface area contributed by atoms with Gasteiger partial charge in [0.25, 0.3) is 0 Å². The number of hydrogen-bond acceptors (Lipinski definition) is 3. The van der Waals surface area contributed by atoms with Gasteiger partial charge in [-0.05, 0) is 25.7 Å². The monoisotopic (exact) mass is 284 g/mol. The molecule has 0 aromatic heterocycles. The van der Waals surface area contributed by atoms with Crippen molar-refractivity contribution in [1.29, 1.82) is 0 Å². The summed E-state index contributed by atoms with van der Waals surface area (Å²) < 4.78 is 0. The van der Waals surface area contributed by atoms with Gasteiger partial charge in [-0.1, -0.05) is 31.8 Å². The molecule has 0 amide bonds. The maximum Gasteiger partial charge on any atom is 0.332 e. The molecule has 1 aliphatic carbocycles. The molecular formula is C15H24O5. The standard InChI is InChI=1S/C15H24O5/c1-2-3-6-10(11-7-4-5-8-13(11)16)12(15(19)20)9-14(17)18/h11,13,16H,2-9H2,1H3,(H,17,18)(H,19,20). The van der Waals surface area contributed by atoms with E-state index in [1.807, 2.05) is 6.92 Å². The van der Waals surface area contributed by atoms with E-state index in [1.54, 1.807) is 0 Å². The molecule has 0 radical (unpaired) electrons. The second-order valence-corrected chi connectivity index (χ2v) is 5.44. The number of unbranched alkanes of at least 4 members (excludes halogenated alkanes) is 1. The third-order valence-electron chi connectivity index (χ3n) is 3.95. The Morgan fingerprint density at radius 2 is 1.80 bits per heavy atom. The summed E-state index contributed by atoms with van der Waals surface area (Å²) in [6.45, 7) is 2.01. The van der Waals surface area contributed by atoms with Crippen LogP contribution in [0.2, 0.25) is 0 Å². The van der Waals surface area contributed by atoms with E-state index in [-0.39, 0.29) is 11.5 Å². The van der Waals surface area contributed by atoms with Gasteiger partial charge in [0.15, 0.2) is 0 Å². The predicted molar refractivity (Wildman–Crippen MR) is 74.4 cm³/mol. The maximum absolute atomic E-state index is 11.4. The summed E-state index contributed by atoms with van der Waals surface area (Å²) in [7, 11) is 0. The lowest BCUT2D eigenvalue weighted by Crippen LogP contribution is -2.28. The molecule has 2 unspecified atom stereocenters. The highest BCUT2D eigenvalue weighted by Crippen LogP contribution is 2.35. The average Bonchev–Trinajstić information content (AvgIpc) is 2.39. The second-order valence-electron chi connectivity index (χ2n) is 5.44. The molecule has 0 heterocycles. The Labute approximate surface area is 119 Å². The Morgan fingerprint density at radius 3 is 2.30 bits per heavy atom. The van der Waals surface area contributed by atoms with E-state index in [2.05, 4.69) is 0 Å². The van der Waals surface area contributed by atoms with Crippen molar-refractivity contribution >= 4 is 11.9 Å². The zero-order chi connectivity index (χ0) is 15.1. The fourth-order valence-electron chi connectivity index (χ4n) is 2.92. The minimum Gasteiger partial charge on any atom is -0.481 e. The summed E-state index contributed by atoms with van der Waals surface area (Å²) >= 11 is 0. The summed E-state index contributed by atoms with van der Waals surface area (Å²) in [6, 6.07) is 0. The van der Waals surface area contributed by atoms with Gasteiger partial charge in [0.1, 0.15) is 0 Å². The summed E-state index contributed by atoms with van der Waals surface area (Å²) in [5, 5.41) is 28.3. The van der Waals surface area contributed by atoms with Crippen molar-refractivity contribution in [3.05, 3.63) is 11.1 Å². The van der Waals surface area contributed by atoms with E-state index in [4.69, 9.17) is 5.11 Å². The van der Waals surface area contributed by atoms with E-state index in [1.165, 1.54) is 0 Å². The van der Waals surface area contributed by atoms with Gasteiger partial charge < -0.3 is 15.3 Å². The molecule has 5 nitrogen and oxygen atoms in total. The molecule has 0 spiro atoms. The number of rotatable bonds is 7. The molecule has 0 aromatic carbocycles. The van der Waals surface area contributed by atoms with E-state index in [9.17, 15) is 19.8 Å². The molecule has 1 fully saturated rings. The third kappa shape index (κ3) is 4.63. The topological polar surface area (TPSA) is 94.8 Å².